The van der Waals surface area contributed by atoms with Crippen LogP contribution in [-0.4, -0.2) is 49.1 Å². The predicted octanol–water partition coefficient (Wildman–Crippen LogP) is 3.23. The lowest BCUT2D eigenvalue weighted by atomic mass is 9.96. The number of likely N-dealkylation sites (tertiary alicyclic amines) is 1. The average Bonchev–Trinajstić information content (AvgIpc) is 3.58. The number of piperidine rings is 1. The molecule has 1 aliphatic heterocycles. The predicted molar refractivity (Wildman–Crippen MR) is 128 cm³/mol. The maximum absolute atomic E-state index is 13.6. The van der Waals surface area contributed by atoms with Gasteiger partial charge in [0.1, 0.15) is 5.56 Å². The lowest BCUT2D eigenvalue weighted by molar-refractivity contribution is -0.126. The van der Waals surface area contributed by atoms with Crippen molar-refractivity contribution in [2.75, 3.05) is 13.1 Å². The lowest BCUT2D eigenvalue weighted by Crippen LogP contribution is -2.45. The van der Waals surface area contributed by atoms with Gasteiger partial charge in [-0.15, -0.1) is 0 Å². The van der Waals surface area contributed by atoms with Gasteiger partial charge in [0.25, 0.3) is 5.91 Å². The minimum Gasteiger partial charge on any atom is -0.352 e. The molecule has 172 valence electrons. The molecule has 0 saturated carbocycles. The van der Waals surface area contributed by atoms with Gasteiger partial charge >= 0.3 is 0 Å². The van der Waals surface area contributed by atoms with Gasteiger partial charge < -0.3 is 14.8 Å². The summed E-state index contributed by atoms with van der Waals surface area (Å²) in [5, 5.41) is 7.53. The number of amides is 2. The Morgan fingerprint density at radius 1 is 1.00 bits per heavy atom. The van der Waals surface area contributed by atoms with E-state index in [1.54, 1.807) is 28.2 Å². The molecule has 1 aromatic carbocycles. The highest BCUT2D eigenvalue weighted by Gasteiger charge is 2.31. The van der Waals surface area contributed by atoms with Gasteiger partial charge in [-0.1, -0.05) is 24.3 Å². The third-order valence-corrected chi connectivity index (χ3v) is 6.09. The monoisotopic (exact) mass is 454 g/mol. The first-order valence-corrected chi connectivity index (χ1v) is 11.4. The number of aromatic nitrogens is 4. The van der Waals surface area contributed by atoms with Crippen LogP contribution in [0.15, 0.2) is 85.6 Å². The second-order valence-electron chi connectivity index (χ2n) is 8.39. The summed E-state index contributed by atoms with van der Waals surface area (Å²) in [6.45, 7) is 1.44. The Morgan fingerprint density at radius 3 is 2.59 bits per heavy atom. The highest BCUT2D eigenvalue weighted by Crippen LogP contribution is 2.24. The highest BCUT2D eigenvalue weighted by atomic mass is 16.2. The normalized spacial score (nSPS) is 15.8. The molecule has 0 radical (unpaired) electrons. The van der Waals surface area contributed by atoms with Gasteiger partial charge in [-0.2, -0.15) is 5.10 Å². The summed E-state index contributed by atoms with van der Waals surface area (Å²) in [4.78, 5) is 32.3. The quantitative estimate of drug-likeness (QED) is 0.485. The molecule has 8 heteroatoms. The van der Waals surface area contributed by atoms with Gasteiger partial charge in [0.15, 0.2) is 5.82 Å². The number of carbonyl (C=O) groups excluding carboxylic acids is 2. The number of hydrogen-bond donors (Lipinski definition) is 1. The molecule has 5 rings (SSSR count). The van der Waals surface area contributed by atoms with E-state index in [0.717, 1.165) is 24.1 Å². The summed E-state index contributed by atoms with van der Waals surface area (Å²) in [6, 6.07) is 17.4. The zero-order valence-corrected chi connectivity index (χ0v) is 18.7. The molecule has 1 N–H and O–H groups in total. The van der Waals surface area contributed by atoms with Crippen molar-refractivity contribution in [2.24, 2.45) is 5.92 Å². The van der Waals surface area contributed by atoms with Crippen LogP contribution < -0.4 is 5.32 Å². The Balaban J connectivity index is 1.35. The van der Waals surface area contributed by atoms with Gasteiger partial charge in [-0.3, -0.25) is 14.6 Å². The topological polar surface area (TPSA) is 85.1 Å². The molecule has 2 amide bonds. The van der Waals surface area contributed by atoms with Crippen LogP contribution in [-0.2, 0) is 11.3 Å². The SMILES string of the molecule is O=C(NCc1cccnc1)[C@@H]1CCCN(C(=O)c2cnn(-c3ccccc3)c2-n2cccc2)C1. The molecule has 0 unspecified atom stereocenters. The van der Waals surface area contributed by atoms with Gasteiger partial charge in [0.2, 0.25) is 5.91 Å². The molecular weight excluding hydrogens is 428 g/mol. The lowest BCUT2D eigenvalue weighted by Gasteiger charge is -2.32. The Kier molecular flexibility index (Phi) is 6.20. The highest BCUT2D eigenvalue weighted by molar-refractivity contribution is 5.97. The number of nitrogens with one attached hydrogen (secondary N) is 1. The fourth-order valence-electron chi connectivity index (χ4n) is 4.36. The van der Waals surface area contributed by atoms with Crippen LogP contribution >= 0.6 is 0 Å². The minimum absolute atomic E-state index is 0.0352. The van der Waals surface area contributed by atoms with Gasteiger partial charge in [0, 0.05) is 44.4 Å². The Morgan fingerprint density at radius 2 is 1.82 bits per heavy atom. The van der Waals surface area contributed by atoms with Crippen LogP contribution in [0.1, 0.15) is 28.8 Å². The molecular formula is C26H26N6O2. The van der Waals surface area contributed by atoms with E-state index in [-0.39, 0.29) is 17.7 Å². The van der Waals surface area contributed by atoms with Crippen molar-refractivity contribution in [1.29, 1.82) is 0 Å². The molecule has 1 fully saturated rings. The van der Waals surface area contributed by atoms with Crippen molar-refractivity contribution < 1.29 is 9.59 Å². The van der Waals surface area contributed by atoms with Gasteiger partial charge in [0.05, 0.1) is 17.8 Å². The van der Waals surface area contributed by atoms with E-state index >= 15 is 0 Å². The van der Waals surface area contributed by atoms with Gasteiger partial charge in [-0.05, 0) is 48.7 Å². The van der Waals surface area contributed by atoms with Crippen molar-refractivity contribution in [3.63, 3.8) is 0 Å². The first-order valence-electron chi connectivity index (χ1n) is 11.4. The maximum Gasteiger partial charge on any atom is 0.259 e. The summed E-state index contributed by atoms with van der Waals surface area (Å²) in [5.41, 5.74) is 2.33. The minimum atomic E-state index is -0.242. The van der Waals surface area contributed by atoms with E-state index in [2.05, 4.69) is 15.4 Å². The summed E-state index contributed by atoms with van der Waals surface area (Å²) in [6.07, 6.45) is 10.4. The summed E-state index contributed by atoms with van der Waals surface area (Å²) >= 11 is 0. The second kappa shape index (κ2) is 9.74. The summed E-state index contributed by atoms with van der Waals surface area (Å²) in [7, 11) is 0. The number of para-hydroxylation sites is 1. The second-order valence-corrected chi connectivity index (χ2v) is 8.39. The first-order chi connectivity index (χ1) is 16.7. The van der Waals surface area contributed by atoms with Crippen LogP contribution in [0.3, 0.4) is 0 Å². The van der Waals surface area contributed by atoms with Crippen molar-refractivity contribution in [3.05, 3.63) is 96.7 Å². The molecule has 3 aromatic heterocycles. The molecule has 1 aliphatic rings. The van der Waals surface area contributed by atoms with Crippen LogP contribution in [0.2, 0.25) is 0 Å². The molecule has 0 spiro atoms. The molecule has 4 heterocycles. The van der Waals surface area contributed by atoms with E-state index in [9.17, 15) is 9.59 Å². The number of rotatable bonds is 6. The molecule has 1 saturated heterocycles. The maximum atomic E-state index is 13.6. The molecule has 8 nitrogen and oxygen atoms in total. The van der Waals surface area contributed by atoms with Crippen molar-refractivity contribution in [1.82, 2.24) is 29.5 Å². The van der Waals surface area contributed by atoms with Gasteiger partial charge in [-0.25, -0.2) is 4.68 Å². The molecule has 0 aliphatic carbocycles. The van der Waals surface area contributed by atoms with E-state index in [4.69, 9.17) is 0 Å². The number of hydrogen-bond acceptors (Lipinski definition) is 4. The van der Waals surface area contributed by atoms with Crippen LogP contribution in [0.5, 0.6) is 0 Å². The summed E-state index contributed by atoms with van der Waals surface area (Å²) < 4.78 is 3.67. The smallest absolute Gasteiger partial charge is 0.259 e. The third kappa shape index (κ3) is 4.47. The van der Waals surface area contributed by atoms with E-state index < -0.39 is 0 Å². The Labute approximate surface area is 197 Å². The summed E-state index contributed by atoms with van der Waals surface area (Å²) in [5.74, 6) is 0.292. The zero-order chi connectivity index (χ0) is 23.3. The molecule has 4 aromatic rings. The van der Waals surface area contributed by atoms with E-state index in [1.807, 2.05) is 71.6 Å². The molecule has 0 bridgehead atoms. The van der Waals surface area contributed by atoms with E-state index in [1.165, 1.54) is 0 Å². The number of carbonyl (C=O) groups is 2. The standard InChI is InChI=1S/C26H26N6O2/c33-24(28-17-20-8-6-12-27-16-20)21-9-7-15-31(19-21)26(34)23-18-29-32(22-10-2-1-3-11-22)25(23)30-13-4-5-14-30/h1-6,8,10-14,16,18,21H,7,9,15,17,19H2,(H,28,33)/t21-/m1/s1. The van der Waals surface area contributed by atoms with E-state index in [0.29, 0.717) is 31.0 Å². The van der Waals surface area contributed by atoms with Crippen molar-refractivity contribution >= 4 is 11.8 Å². The molecule has 34 heavy (non-hydrogen) atoms. The number of nitrogens with zero attached hydrogens (tertiary/aromatic N) is 5. The fraction of sp³-hybridized carbons (Fsp3) is 0.231. The zero-order valence-electron chi connectivity index (χ0n) is 18.7. The number of pyridine rings is 1. The number of benzene rings is 1. The van der Waals surface area contributed by atoms with Crippen molar-refractivity contribution in [2.45, 2.75) is 19.4 Å². The third-order valence-electron chi connectivity index (χ3n) is 6.09. The fourth-order valence-corrected chi connectivity index (χ4v) is 4.36. The van der Waals surface area contributed by atoms with Crippen molar-refractivity contribution in [3.8, 4) is 11.5 Å². The van der Waals surface area contributed by atoms with Crippen LogP contribution in [0.4, 0.5) is 0 Å². The Hall–Kier alpha value is -4.20. The largest absolute Gasteiger partial charge is 0.352 e. The van der Waals surface area contributed by atoms with Crippen LogP contribution in [0, 0.1) is 5.92 Å². The van der Waals surface area contributed by atoms with Crippen LogP contribution in [0.25, 0.3) is 11.5 Å². The first kappa shape index (κ1) is 21.6. The average molecular weight is 455 g/mol. The molecule has 1 atom stereocenters. The Bertz CT molecular complexity index is 1250.